The fourth-order valence-electron chi connectivity index (χ4n) is 2.01. The summed E-state index contributed by atoms with van der Waals surface area (Å²) in [5.74, 6) is -0.571. The molecule has 0 aliphatic heterocycles. The summed E-state index contributed by atoms with van der Waals surface area (Å²) in [6, 6.07) is 10.5. The van der Waals surface area contributed by atoms with Crippen LogP contribution in [0.5, 0.6) is 0 Å². The molecule has 0 spiro atoms. The average Bonchev–Trinajstić information content (AvgIpc) is 2.60. The van der Waals surface area contributed by atoms with Crippen LogP contribution in [0.25, 0.3) is 0 Å². The third-order valence-electron chi connectivity index (χ3n) is 3.27. The molecule has 124 valence electrons. The van der Waals surface area contributed by atoms with E-state index in [1.54, 1.807) is 0 Å². The first-order valence-electron chi connectivity index (χ1n) is 6.62. The number of carbonyl (C=O) groups is 1. The standard InChI is InChI=1S/C15H10Cl2N2O5/c16-13(9-4-6-11(7-5-9)18(21)22)14(17)15(20)10-2-1-3-12(8-10)19(23)24/h1-8,13-14H/t13-,14+/m1/s1. The maximum absolute atomic E-state index is 12.4. The van der Waals surface area contributed by atoms with Crippen molar-refractivity contribution in [3.8, 4) is 0 Å². The van der Waals surface area contributed by atoms with Crippen molar-refractivity contribution in [2.45, 2.75) is 10.8 Å². The first-order chi connectivity index (χ1) is 11.3. The van der Waals surface area contributed by atoms with Crippen LogP contribution in [0.2, 0.25) is 0 Å². The Kier molecular flexibility index (Phi) is 5.48. The fourth-order valence-corrected chi connectivity index (χ4v) is 2.55. The average molecular weight is 369 g/mol. The number of hydrogen-bond acceptors (Lipinski definition) is 5. The van der Waals surface area contributed by atoms with Crippen LogP contribution in [0.3, 0.4) is 0 Å². The predicted octanol–water partition coefficient (Wildman–Crippen LogP) is 4.27. The molecule has 0 N–H and O–H groups in total. The number of ketones is 1. The van der Waals surface area contributed by atoms with Crippen LogP contribution in [-0.2, 0) is 0 Å². The van der Waals surface area contributed by atoms with E-state index in [2.05, 4.69) is 0 Å². The Bertz CT molecular complexity index is 795. The summed E-state index contributed by atoms with van der Waals surface area (Å²) in [4.78, 5) is 32.6. The molecule has 9 heteroatoms. The second kappa shape index (κ2) is 7.37. The highest BCUT2D eigenvalue weighted by Crippen LogP contribution is 2.31. The van der Waals surface area contributed by atoms with E-state index < -0.39 is 26.4 Å². The van der Waals surface area contributed by atoms with Crippen LogP contribution in [0.15, 0.2) is 48.5 Å². The van der Waals surface area contributed by atoms with Gasteiger partial charge in [-0.25, -0.2) is 0 Å². The van der Waals surface area contributed by atoms with Gasteiger partial charge in [-0.15, -0.1) is 23.2 Å². The van der Waals surface area contributed by atoms with Gasteiger partial charge in [-0.1, -0.05) is 24.3 Å². The van der Waals surface area contributed by atoms with Gasteiger partial charge in [0.05, 0.1) is 15.2 Å². The summed E-state index contributed by atoms with van der Waals surface area (Å²) in [7, 11) is 0. The molecule has 0 bridgehead atoms. The topological polar surface area (TPSA) is 103 Å². The van der Waals surface area contributed by atoms with Crippen molar-refractivity contribution < 1.29 is 14.6 Å². The molecule has 0 unspecified atom stereocenters. The van der Waals surface area contributed by atoms with Crippen molar-refractivity contribution in [2.24, 2.45) is 0 Å². The zero-order valence-corrected chi connectivity index (χ0v) is 13.5. The molecule has 0 radical (unpaired) electrons. The first-order valence-corrected chi connectivity index (χ1v) is 7.49. The van der Waals surface area contributed by atoms with E-state index in [4.69, 9.17) is 23.2 Å². The number of Topliss-reactive ketones (excluding diaryl/α,β-unsaturated/α-hetero) is 1. The van der Waals surface area contributed by atoms with Gasteiger partial charge in [0.2, 0.25) is 0 Å². The minimum absolute atomic E-state index is 0.0664. The number of nitro groups is 2. The molecule has 0 saturated carbocycles. The summed E-state index contributed by atoms with van der Waals surface area (Å²) in [5.41, 5.74) is 0.155. The van der Waals surface area contributed by atoms with Crippen molar-refractivity contribution in [1.82, 2.24) is 0 Å². The van der Waals surface area contributed by atoms with Crippen molar-refractivity contribution in [1.29, 1.82) is 0 Å². The Morgan fingerprint density at radius 2 is 1.50 bits per heavy atom. The number of non-ortho nitro benzene ring substituents is 2. The van der Waals surface area contributed by atoms with Gasteiger partial charge >= 0.3 is 0 Å². The summed E-state index contributed by atoms with van der Waals surface area (Å²) >= 11 is 12.3. The van der Waals surface area contributed by atoms with Gasteiger partial charge in [0.1, 0.15) is 5.38 Å². The molecule has 2 aromatic carbocycles. The molecular weight excluding hydrogens is 359 g/mol. The molecule has 24 heavy (non-hydrogen) atoms. The molecule has 2 aromatic rings. The van der Waals surface area contributed by atoms with Crippen molar-refractivity contribution in [3.63, 3.8) is 0 Å². The lowest BCUT2D eigenvalue weighted by Crippen LogP contribution is -2.20. The number of nitro benzene ring substituents is 2. The highest BCUT2D eigenvalue weighted by Gasteiger charge is 2.28. The quantitative estimate of drug-likeness (QED) is 0.327. The Morgan fingerprint density at radius 1 is 0.917 bits per heavy atom. The van der Waals surface area contributed by atoms with Crippen molar-refractivity contribution >= 4 is 40.4 Å². The third-order valence-corrected chi connectivity index (χ3v) is 4.35. The van der Waals surface area contributed by atoms with Crippen molar-refractivity contribution in [2.75, 3.05) is 0 Å². The van der Waals surface area contributed by atoms with E-state index in [0.29, 0.717) is 5.56 Å². The maximum Gasteiger partial charge on any atom is 0.270 e. The molecule has 0 aliphatic rings. The SMILES string of the molecule is O=C(c1cccc([N+](=O)[O-])c1)[C@@H](Cl)[C@H](Cl)c1ccc([N+](=O)[O-])cc1. The number of carbonyl (C=O) groups excluding carboxylic acids is 1. The lowest BCUT2D eigenvalue weighted by atomic mass is 10.0. The molecule has 0 fully saturated rings. The molecule has 0 aromatic heterocycles. The zero-order valence-electron chi connectivity index (χ0n) is 12.0. The van der Waals surface area contributed by atoms with E-state index in [1.165, 1.54) is 42.5 Å². The van der Waals surface area contributed by atoms with Gasteiger partial charge < -0.3 is 0 Å². The molecule has 2 rings (SSSR count). The van der Waals surface area contributed by atoms with Crippen LogP contribution < -0.4 is 0 Å². The Labute approximate surface area is 146 Å². The smallest absolute Gasteiger partial charge is 0.270 e. The van der Waals surface area contributed by atoms with Gasteiger partial charge in [-0.05, 0) is 5.56 Å². The Morgan fingerprint density at radius 3 is 2.04 bits per heavy atom. The van der Waals surface area contributed by atoms with Crippen LogP contribution in [0.1, 0.15) is 21.3 Å². The number of rotatable bonds is 6. The summed E-state index contributed by atoms with van der Waals surface area (Å²) in [6.07, 6.45) is 0. The summed E-state index contributed by atoms with van der Waals surface area (Å²) < 4.78 is 0. The predicted molar refractivity (Wildman–Crippen MR) is 88.8 cm³/mol. The van der Waals surface area contributed by atoms with E-state index in [9.17, 15) is 25.0 Å². The Hall–Kier alpha value is -2.51. The lowest BCUT2D eigenvalue weighted by Gasteiger charge is -2.15. The van der Waals surface area contributed by atoms with E-state index in [0.717, 1.165) is 6.07 Å². The first kappa shape index (κ1) is 17.8. The van der Waals surface area contributed by atoms with Gasteiger partial charge in [0.15, 0.2) is 5.78 Å². The Balaban J connectivity index is 2.21. The van der Waals surface area contributed by atoms with Crippen LogP contribution in [0, 0.1) is 20.2 Å². The number of hydrogen-bond donors (Lipinski definition) is 0. The minimum atomic E-state index is -1.19. The zero-order chi connectivity index (χ0) is 17.9. The number of alkyl halides is 2. The molecular formula is C15H10Cl2N2O5. The number of halogens is 2. The molecule has 0 amide bonds. The largest absolute Gasteiger partial charge is 0.292 e. The van der Waals surface area contributed by atoms with Crippen LogP contribution >= 0.6 is 23.2 Å². The van der Waals surface area contributed by atoms with Crippen molar-refractivity contribution in [3.05, 3.63) is 79.9 Å². The number of benzene rings is 2. The van der Waals surface area contributed by atoms with E-state index in [-0.39, 0.29) is 16.9 Å². The number of nitrogens with zero attached hydrogens (tertiary/aromatic N) is 2. The summed E-state index contributed by atoms with van der Waals surface area (Å²) in [6.45, 7) is 0. The van der Waals surface area contributed by atoms with Gasteiger partial charge in [0.25, 0.3) is 11.4 Å². The molecule has 7 nitrogen and oxygen atoms in total. The molecule has 0 aliphatic carbocycles. The van der Waals surface area contributed by atoms with Crippen LogP contribution in [-0.4, -0.2) is 21.0 Å². The highest BCUT2D eigenvalue weighted by atomic mass is 35.5. The van der Waals surface area contributed by atoms with E-state index in [1.807, 2.05) is 0 Å². The van der Waals surface area contributed by atoms with Crippen LogP contribution in [0.4, 0.5) is 11.4 Å². The summed E-state index contributed by atoms with van der Waals surface area (Å²) in [5, 5.41) is 19.3. The third kappa shape index (κ3) is 3.87. The normalized spacial score (nSPS) is 13.1. The molecule has 0 heterocycles. The van der Waals surface area contributed by atoms with E-state index >= 15 is 0 Å². The van der Waals surface area contributed by atoms with Gasteiger partial charge in [0, 0.05) is 29.8 Å². The second-order valence-corrected chi connectivity index (χ2v) is 5.76. The fraction of sp³-hybridized carbons (Fsp3) is 0.133. The second-order valence-electron chi connectivity index (χ2n) is 4.82. The lowest BCUT2D eigenvalue weighted by molar-refractivity contribution is -0.385. The minimum Gasteiger partial charge on any atom is -0.292 e. The van der Waals surface area contributed by atoms with Gasteiger partial charge in [-0.2, -0.15) is 0 Å². The highest BCUT2D eigenvalue weighted by molar-refractivity contribution is 6.39. The van der Waals surface area contributed by atoms with Gasteiger partial charge in [-0.3, -0.25) is 25.0 Å². The monoisotopic (exact) mass is 368 g/mol. The maximum atomic E-state index is 12.4. The molecule has 0 saturated heterocycles. The molecule has 2 atom stereocenters.